The first kappa shape index (κ1) is 21.0. The Morgan fingerprint density at radius 3 is 2.57 bits per heavy atom. The van der Waals surface area contributed by atoms with Gasteiger partial charge in [0.15, 0.2) is 0 Å². The zero-order chi connectivity index (χ0) is 20.5. The van der Waals surface area contributed by atoms with Gasteiger partial charge in [-0.2, -0.15) is 9.57 Å². The van der Waals surface area contributed by atoms with Gasteiger partial charge in [0, 0.05) is 16.0 Å². The summed E-state index contributed by atoms with van der Waals surface area (Å²) in [6.45, 7) is -1.17. The minimum absolute atomic E-state index is 0.0427. The molecule has 28 heavy (non-hydrogen) atoms. The van der Waals surface area contributed by atoms with Crippen molar-refractivity contribution in [2.75, 3.05) is 19.7 Å². The second kappa shape index (κ2) is 7.99. The standard InChI is InChI=1S/C18H16BrClN2O5S/c19-15-7-12(8-21)1-6-16(15)28(25,26)22-9-17(18(24,10-22)11-23)27-14-4-2-13(20)3-5-14/h1-7,17,23-24H,9-11H2/t17?,18-/m1/s1. The van der Waals surface area contributed by atoms with Crippen LogP contribution in [-0.4, -0.2) is 54.3 Å². The van der Waals surface area contributed by atoms with E-state index in [1.54, 1.807) is 24.3 Å². The predicted molar refractivity (Wildman–Crippen MR) is 106 cm³/mol. The zero-order valence-electron chi connectivity index (χ0n) is 14.4. The first-order valence-electron chi connectivity index (χ1n) is 8.15. The molecule has 0 radical (unpaired) electrons. The quantitative estimate of drug-likeness (QED) is 0.669. The molecule has 1 heterocycles. The molecule has 0 aromatic heterocycles. The zero-order valence-corrected chi connectivity index (χ0v) is 17.6. The number of benzene rings is 2. The molecule has 1 fully saturated rings. The van der Waals surface area contributed by atoms with Gasteiger partial charge >= 0.3 is 0 Å². The average molecular weight is 488 g/mol. The van der Waals surface area contributed by atoms with Crippen molar-refractivity contribution < 1.29 is 23.4 Å². The minimum atomic E-state index is -4.00. The molecule has 2 N–H and O–H groups in total. The second-order valence-electron chi connectivity index (χ2n) is 6.38. The van der Waals surface area contributed by atoms with E-state index in [4.69, 9.17) is 21.6 Å². The highest BCUT2D eigenvalue weighted by molar-refractivity contribution is 9.10. The Bertz CT molecular complexity index is 1030. The SMILES string of the molecule is N#Cc1ccc(S(=O)(=O)N2CC(Oc3ccc(Cl)cc3)[C@](O)(CO)C2)c(Br)c1. The Kier molecular flexibility index (Phi) is 6.00. The van der Waals surface area contributed by atoms with Crippen molar-refractivity contribution in [1.82, 2.24) is 4.31 Å². The molecule has 0 aliphatic carbocycles. The fraction of sp³-hybridized carbons (Fsp3) is 0.278. The number of sulfonamides is 1. The van der Waals surface area contributed by atoms with Gasteiger partial charge in [0.25, 0.3) is 0 Å². The van der Waals surface area contributed by atoms with Crippen molar-refractivity contribution in [2.24, 2.45) is 0 Å². The van der Waals surface area contributed by atoms with E-state index in [1.807, 2.05) is 6.07 Å². The number of aliphatic hydroxyl groups is 2. The van der Waals surface area contributed by atoms with Gasteiger partial charge in [-0.1, -0.05) is 11.6 Å². The van der Waals surface area contributed by atoms with E-state index < -0.39 is 28.3 Å². The molecule has 2 atom stereocenters. The lowest BCUT2D eigenvalue weighted by Crippen LogP contribution is -2.48. The van der Waals surface area contributed by atoms with Crippen LogP contribution in [0.1, 0.15) is 5.56 Å². The Morgan fingerprint density at radius 1 is 1.32 bits per heavy atom. The van der Waals surface area contributed by atoms with Crippen LogP contribution >= 0.6 is 27.5 Å². The molecular formula is C18H16BrClN2O5S. The summed E-state index contributed by atoms with van der Waals surface area (Å²) < 4.78 is 33.1. The molecule has 148 valence electrons. The lowest BCUT2D eigenvalue weighted by molar-refractivity contribution is -0.0640. The topological polar surface area (TPSA) is 111 Å². The summed E-state index contributed by atoms with van der Waals surface area (Å²) in [5.41, 5.74) is -1.46. The maximum atomic E-state index is 13.0. The van der Waals surface area contributed by atoms with Gasteiger partial charge in [0.05, 0.1) is 29.7 Å². The molecule has 3 rings (SSSR count). The van der Waals surface area contributed by atoms with Crippen LogP contribution in [0.15, 0.2) is 51.8 Å². The highest BCUT2D eigenvalue weighted by Crippen LogP contribution is 2.33. The third-order valence-electron chi connectivity index (χ3n) is 4.46. The summed E-state index contributed by atoms with van der Waals surface area (Å²) >= 11 is 9.02. The summed E-state index contributed by atoms with van der Waals surface area (Å²) in [6, 6.07) is 12.5. The normalized spacial score (nSPS) is 22.8. The van der Waals surface area contributed by atoms with Crippen LogP contribution in [0.5, 0.6) is 5.75 Å². The smallest absolute Gasteiger partial charge is 0.244 e. The fourth-order valence-electron chi connectivity index (χ4n) is 2.90. The molecule has 1 aliphatic rings. The molecule has 0 spiro atoms. The summed E-state index contributed by atoms with van der Waals surface area (Å²) in [5.74, 6) is 0.389. The molecule has 0 amide bonds. The Hall–Kier alpha value is -1.67. The van der Waals surface area contributed by atoms with E-state index in [1.165, 1.54) is 18.2 Å². The van der Waals surface area contributed by atoms with E-state index >= 15 is 0 Å². The first-order chi connectivity index (χ1) is 13.2. The van der Waals surface area contributed by atoms with Gasteiger partial charge in [0.1, 0.15) is 17.5 Å². The summed E-state index contributed by atoms with van der Waals surface area (Å²) in [4.78, 5) is -0.0427. The molecule has 0 saturated carbocycles. The van der Waals surface area contributed by atoms with Gasteiger partial charge in [0.2, 0.25) is 10.0 Å². The van der Waals surface area contributed by atoms with E-state index in [0.717, 1.165) is 4.31 Å². The van der Waals surface area contributed by atoms with Crippen LogP contribution < -0.4 is 4.74 Å². The first-order valence-corrected chi connectivity index (χ1v) is 10.8. The third-order valence-corrected chi connectivity index (χ3v) is 7.50. The molecule has 10 heteroatoms. The predicted octanol–water partition coefficient (Wildman–Crippen LogP) is 2.15. The largest absolute Gasteiger partial charge is 0.486 e. The highest BCUT2D eigenvalue weighted by atomic mass is 79.9. The number of nitriles is 1. The number of halogens is 2. The van der Waals surface area contributed by atoms with Crippen molar-refractivity contribution in [3.8, 4) is 11.8 Å². The molecule has 7 nitrogen and oxygen atoms in total. The second-order valence-corrected chi connectivity index (χ2v) is 9.57. The van der Waals surface area contributed by atoms with Gasteiger partial charge in [-0.15, -0.1) is 0 Å². The van der Waals surface area contributed by atoms with E-state index in [9.17, 15) is 18.6 Å². The van der Waals surface area contributed by atoms with Crippen LogP contribution in [0.2, 0.25) is 5.02 Å². The van der Waals surface area contributed by atoms with Crippen molar-refractivity contribution in [2.45, 2.75) is 16.6 Å². The maximum Gasteiger partial charge on any atom is 0.244 e. The Morgan fingerprint density at radius 2 is 2.00 bits per heavy atom. The van der Waals surface area contributed by atoms with Crippen LogP contribution in [0, 0.1) is 11.3 Å². The van der Waals surface area contributed by atoms with Crippen molar-refractivity contribution in [1.29, 1.82) is 5.26 Å². The lowest BCUT2D eigenvalue weighted by atomic mass is 10.0. The molecule has 1 aliphatic heterocycles. The van der Waals surface area contributed by atoms with Crippen LogP contribution in [0.25, 0.3) is 0 Å². The monoisotopic (exact) mass is 486 g/mol. The summed E-state index contributed by atoms with van der Waals surface area (Å²) in [5, 5.41) is 29.9. The van der Waals surface area contributed by atoms with Crippen LogP contribution in [-0.2, 0) is 10.0 Å². The third kappa shape index (κ3) is 4.03. The number of hydrogen-bond acceptors (Lipinski definition) is 6. The van der Waals surface area contributed by atoms with Crippen molar-refractivity contribution >= 4 is 37.6 Å². The summed E-state index contributed by atoms with van der Waals surface area (Å²) in [6.07, 6.45) is -0.981. The van der Waals surface area contributed by atoms with Gasteiger partial charge < -0.3 is 14.9 Å². The Labute approximate surface area is 175 Å². The highest BCUT2D eigenvalue weighted by Gasteiger charge is 2.51. The number of aliphatic hydroxyl groups excluding tert-OH is 1. The van der Waals surface area contributed by atoms with Gasteiger partial charge in [-0.25, -0.2) is 8.42 Å². The van der Waals surface area contributed by atoms with E-state index in [0.29, 0.717) is 16.3 Å². The van der Waals surface area contributed by atoms with E-state index in [-0.39, 0.29) is 22.5 Å². The van der Waals surface area contributed by atoms with Gasteiger partial charge in [-0.05, 0) is 58.4 Å². The average Bonchev–Trinajstić information content (AvgIpc) is 3.01. The van der Waals surface area contributed by atoms with Crippen LogP contribution in [0.3, 0.4) is 0 Å². The number of hydrogen-bond donors (Lipinski definition) is 2. The van der Waals surface area contributed by atoms with Crippen LogP contribution in [0.4, 0.5) is 0 Å². The molecule has 0 bridgehead atoms. The van der Waals surface area contributed by atoms with Crippen molar-refractivity contribution in [3.05, 3.63) is 57.5 Å². The number of ether oxygens (including phenoxy) is 1. The lowest BCUT2D eigenvalue weighted by Gasteiger charge is -2.27. The molecule has 1 unspecified atom stereocenters. The van der Waals surface area contributed by atoms with Crippen molar-refractivity contribution in [3.63, 3.8) is 0 Å². The Balaban J connectivity index is 1.89. The minimum Gasteiger partial charge on any atom is -0.486 e. The fourth-order valence-corrected chi connectivity index (χ4v) is 5.57. The summed E-state index contributed by atoms with van der Waals surface area (Å²) in [7, 11) is -4.00. The molecule has 1 saturated heterocycles. The van der Waals surface area contributed by atoms with E-state index in [2.05, 4.69) is 15.9 Å². The number of rotatable bonds is 5. The molecular weight excluding hydrogens is 472 g/mol. The maximum absolute atomic E-state index is 13.0. The number of nitrogens with zero attached hydrogens (tertiary/aromatic N) is 2. The number of β-amino-alcohol motifs (C(OH)–C–C–N with tert-alkyl or cyclic N) is 1. The molecule has 2 aromatic carbocycles. The van der Waals surface area contributed by atoms with Gasteiger partial charge in [-0.3, -0.25) is 0 Å². The molecule has 2 aromatic rings.